The first kappa shape index (κ1) is 19.0. The minimum Gasteiger partial charge on any atom is -0.483 e. The Bertz CT molecular complexity index is 790. The van der Waals surface area contributed by atoms with Crippen LogP contribution in [0.15, 0.2) is 27.4 Å². The molecule has 25 heavy (non-hydrogen) atoms. The monoisotopic (exact) mass is 345 g/mol. The van der Waals surface area contributed by atoms with Crippen LogP contribution in [0.3, 0.4) is 0 Å². The van der Waals surface area contributed by atoms with Crippen molar-refractivity contribution in [1.29, 1.82) is 0 Å². The van der Waals surface area contributed by atoms with E-state index in [1.807, 2.05) is 32.9 Å². The maximum atomic E-state index is 12.2. The molecule has 1 amide bonds. The summed E-state index contributed by atoms with van der Waals surface area (Å²) in [6.45, 7) is 9.21. The Morgan fingerprint density at radius 3 is 2.52 bits per heavy atom. The molecule has 0 saturated carbocycles. The summed E-state index contributed by atoms with van der Waals surface area (Å²) in [5.41, 5.74) is 2.00. The number of carbonyl (C=O) groups excluding carboxylic acids is 1. The summed E-state index contributed by atoms with van der Waals surface area (Å²) >= 11 is 0. The van der Waals surface area contributed by atoms with Crippen LogP contribution in [0.2, 0.25) is 0 Å². The number of hydrogen-bond donors (Lipinski definition) is 0. The Morgan fingerprint density at radius 1 is 1.16 bits per heavy atom. The summed E-state index contributed by atoms with van der Waals surface area (Å²) in [6, 6.07) is 5.27. The Morgan fingerprint density at radius 2 is 1.88 bits per heavy atom. The summed E-state index contributed by atoms with van der Waals surface area (Å²) in [7, 11) is 0. The second-order valence-electron chi connectivity index (χ2n) is 6.19. The Kier molecular flexibility index (Phi) is 6.62. The summed E-state index contributed by atoms with van der Waals surface area (Å²) < 4.78 is 11.2. The molecule has 5 nitrogen and oxygen atoms in total. The number of hydrogen-bond acceptors (Lipinski definition) is 4. The first-order valence-corrected chi connectivity index (χ1v) is 8.98. The van der Waals surface area contributed by atoms with Crippen molar-refractivity contribution in [1.82, 2.24) is 4.90 Å². The zero-order valence-corrected chi connectivity index (χ0v) is 15.6. The SMILES string of the molecule is CCCCc1cc(=O)oc2cc(C)cc(OCC(=O)N(CC)CC)c12. The van der Waals surface area contributed by atoms with Gasteiger partial charge < -0.3 is 14.1 Å². The number of rotatable bonds is 8. The van der Waals surface area contributed by atoms with E-state index in [0.29, 0.717) is 24.4 Å². The fourth-order valence-electron chi connectivity index (χ4n) is 2.96. The standard InChI is InChI=1S/C20H27NO4/c1-5-8-9-15-12-19(23)25-17-11-14(4)10-16(20(15)17)24-13-18(22)21(6-2)7-3/h10-12H,5-9,13H2,1-4H3. The molecule has 136 valence electrons. The van der Waals surface area contributed by atoms with Crippen molar-refractivity contribution in [3.63, 3.8) is 0 Å². The third kappa shape index (κ3) is 4.62. The molecule has 0 bridgehead atoms. The molecule has 0 fully saturated rings. The van der Waals surface area contributed by atoms with Crippen LogP contribution in [0.1, 0.15) is 44.7 Å². The van der Waals surface area contributed by atoms with Gasteiger partial charge in [0.15, 0.2) is 6.61 Å². The Balaban J connectivity index is 2.40. The van der Waals surface area contributed by atoms with Crippen LogP contribution < -0.4 is 10.4 Å². The van der Waals surface area contributed by atoms with Gasteiger partial charge in [0.2, 0.25) is 0 Å². The van der Waals surface area contributed by atoms with E-state index < -0.39 is 0 Å². The minimum atomic E-state index is -0.352. The lowest BCUT2D eigenvalue weighted by atomic mass is 10.0. The van der Waals surface area contributed by atoms with Crippen molar-refractivity contribution in [3.8, 4) is 5.75 Å². The summed E-state index contributed by atoms with van der Waals surface area (Å²) in [6.07, 6.45) is 2.79. The molecular weight excluding hydrogens is 318 g/mol. The number of unbranched alkanes of at least 4 members (excludes halogenated alkanes) is 1. The van der Waals surface area contributed by atoms with E-state index in [4.69, 9.17) is 9.15 Å². The van der Waals surface area contributed by atoms with Gasteiger partial charge in [-0.15, -0.1) is 0 Å². The molecular formula is C20H27NO4. The zero-order chi connectivity index (χ0) is 18.4. The van der Waals surface area contributed by atoms with E-state index in [2.05, 4.69) is 6.92 Å². The van der Waals surface area contributed by atoms with Crippen molar-refractivity contribution in [2.45, 2.75) is 47.0 Å². The van der Waals surface area contributed by atoms with Crippen molar-refractivity contribution in [2.24, 2.45) is 0 Å². The number of aryl methyl sites for hydroxylation is 2. The number of likely N-dealkylation sites (N-methyl/N-ethyl adjacent to an activating group) is 1. The van der Waals surface area contributed by atoms with Crippen LogP contribution in [-0.4, -0.2) is 30.5 Å². The van der Waals surface area contributed by atoms with E-state index in [1.54, 1.807) is 4.90 Å². The van der Waals surface area contributed by atoms with Gasteiger partial charge in [-0.2, -0.15) is 0 Å². The van der Waals surface area contributed by atoms with Gasteiger partial charge in [0.25, 0.3) is 5.91 Å². The van der Waals surface area contributed by atoms with Crippen molar-refractivity contribution in [2.75, 3.05) is 19.7 Å². The fraction of sp³-hybridized carbons (Fsp3) is 0.500. The summed E-state index contributed by atoms with van der Waals surface area (Å²) in [4.78, 5) is 25.8. The molecule has 5 heteroatoms. The normalized spacial score (nSPS) is 10.9. The van der Waals surface area contributed by atoms with Crippen molar-refractivity contribution in [3.05, 3.63) is 39.7 Å². The molecule has 0 spiro atoms. The number of ether oxygens (including phenoxy) is 1. The molecule has 0 saturated heterocycles. The molecule has 1 heterocycles. The molecule has 1 aromatic carbocycles. The highest BCUT2D eigenvalue weighted by Crippen LogP contribution is 2.30. The van der Waals surface area contributed by atoms with Gasteiger partial charge in [0.1, 0.15) is 11.3 Å². The van der Waals surface area contributed by atoms with E-state index in [-0.39, 0.29) is 18.1 Å². The van der Waals surface area contributed by atoms with E-state index in [0.717, 1.165) is 35.8 Å². The molecule has 0 atom stereocenters. The number of amides is 1. The van der Waals surface area contributed by atoms with Gasteiger partial charge >= 0.3 is 5.63 Å². The highest BCUT2D eigenvalue weighted by atomic mass is 16.5. The predicted molar refractivity (Wildman–Crippen MR) is 99.3 cm³/mol. The van der Waals surface area contributed by atoms with E-state index in [1.165, 1.54) is 6.07 Å². The third-order valence-corrected chi connectivity index (χ3v) is 4.30. The van der Waals surface area contributed by atoms with Crippen LogP contribution in [0, 0.1) is 6.92 Å². The van der Waals surface area contributed by atoms with Crippen LogP contribution in [0.5, 0.6) is 5.75 Å². The summed E-state index contributed by atoms with van der Waals surface area (Å²) in [5, 5.41) is 0.797. The Labute approximate surface area is 148 Å². The number of nitrogens with zero attached hydrogens (tertiary/aromatic N) is 1. The molecule has 0 N–H and O–H groups in total. The highest BCUT2D eigenvalue weighted by Gasteiger charge is 2.15. The van der Waals surface area contributed by atoms with Crippen molar-refractivity contribution >= 4 is 16.9 Å². The van der Waals surface area contributed by atoms with Crippen LogP contribution in [0.25, 0.3) is 11.0 Å². The van der Waals surface area contributed by atoms with E-state index >= 15 is 0 Å². The number of fused-ring (bicyclic) bond motifs is 1. The third-order valence-electron chi connectivity index (χ3n) is 4.30. The largest absolute Gasteiger partial charge is 0.483 e. The lowest BCUT2D eigenvalue weighted by Crippen LogP contribution is -2.34. The quantitative estimate of drug-likeness (QED) is 0.685. The molecule has 2 rings (SSSR count). The minimum absolute atomic E-state index is 0.0213. The van der Waals surface area contributed by atoms with Gasteiger partial charge in [0.05, 0.1) is 5.39 Å². The average molecular weight is 345 g/mol. The maximum absolute atomic E-state index is 12.2. The van der Waals surface area contributed by atoms with Gasteiger partial charge in [-0.05, 0) is 56.9 Å². The molecule has 0 aliphatic carbocycles. The second-order valence-corrected chi connectivity index (χ2v) is 6.19. The van der Waals surface area contributed by atoms with Gasteiger partial charge in [-0.3, -0.25) is 4.79 Å². The number of carbonyl (C=O) groups is 1. The first-order valence-electron chi connectivity index (χ1n) is 8.98. The van der Waals surface area contributed by atoms with Gasteiger partial charge in [-0.25, -0.2) is 4.79 Å². The van der Waals surface area contributed by atoms with Crippen LogP contribution in [-0.2, 0) is 11.2 Å². The lowest BCUT2D eigenvalue weighted by Gasteiger charge is -2.19. The smallest absolute Gasteiger partial charge is 0.336 e. The molecule has 1 aromatic heterocycles. The molecule has 0 aliphatic rings. The van der Waals surface area contributed by atoms with E-state index in [9.17, 15) is 9.59 Å². The van der Waals surface area contributed by atoms with Crippen LogP contribution in [0.4, 0.5) is 0 Å². The van der Waals surface area contributed by atoms with Crippen LogP contribution >= 0.6 is 0 Å². The topological polar surface area (TPSA) is 59.8 Å². The zero-order valence-electron chi connectivity index (χ0n) is 15.6. The first-order chi connectivity index (χ1) is 12.0. The predicted octanol–water partition coefficient (Wildman–Crippen LogP) is 3.69. The second kappa shape index (κ2) is 8.70. The molecule has 2 aromatic rings. The number of benzene rings is 1. The maximum Gasteiger partial charge on any atom is 0.336 e. The fourth-order valence-corrected chi connectivity index (χ4v) is 2.96. The summed E-state index contributed by atoms with van der Waals surface area (Å²) in [5.74, 6) is 0.553. The van der Waals surface area contributed by atoms with Gasteiger partial charge in [0, 0.05) is 19.2 Å². The highest BCUT2D eigenvalue weighted by molar-refractivity contribution is 5.88. The average Bonchev–Trinajstić information content (AvgIpc) is 2.57. The molecule has 0 radical (unpaired) electrons. The molecule has 0 unspecified atom stereocenters. The lowest BCUT2D eigenvalue weighted by molar-refractivity contribution is -0.132. The molecule has 0 aliphatic heterocycles. The van der Waals surface area contributed by atoms with Crippen molar-refractivity contribution < 1.29 is 13.9 Å². The van der Waals surface area contributed by atoms with Gasteiger partial charge in [-0.1, -0.05) is 13.3 Å². The Hall–Kier alpha value is -2.30.